The second-order valence-electron chi connectivity index (χ2n) is 7.07. The summed E-state index contributed by atoms with van der Waals surface area (Å²) in [4.78, 5) is 18.4. The molecule has 0 atom stereocenters. The lowest BCUT2D eigenvalue weighted by Crippen LogP contribution is -2.11. The maximum Gasteiger partial charge on any atom is 0.257 e. The number of aromatic nitrogens is 1. The van der Waals surface area contributed by atoms with Crippen molar-refractivity contribution in [1.82, 2.24) is 4.98 Å². The molecule has 0 fully saturated rings. The molecule has 0 radical (unpaired) electrons. The van der Waals surface area contributed by atoms with E-state index in [1.807, 2.05) is 12.1 Å². The summed E-state index contributed by atoms with van der Waals surface area (Å²) in [6.07, 6.45) is 0. The first-order chi connectivity index (χ1) is 14.5. The Kier molecular flexibility index (Phi) is 5.42. The van der Waals surface area contributed by atoms with Gasteiger partial charge in [-0.1, -0.05) is 71.0 Å². The maximum absolute atomic E-state index is 12.7. The summed E-state index contributed by atoms with van der Waals surface area (Å²) < 4.78 is 0. The molecule has 3 aromatic carbocycles. The molecule has 0 bridgehead atoms. The first kappa shape index (κ1) is 19.6. The van der Waals surface area contributed by atoms with Crippen molar-refractivity contribution in [3.63, 3.8) is 0 Å². The highest BCUT2D eigenvalue weighted by Crippen LogP contribution is 2.39. The Balaban J connectivity index is 1.70. The topological polar surface area (TPSA) is 65.8 Å². The van der Waals surface area contributed by atoms with Crippen LogP contribution in [0, 0.1) is 25.2 Å². The zero-order valence-electron chi connectivity index (χ0n) is 16.6. The van der Waals surface area contributed by atoms with Crippen LogP contribution >= 0.6 is 11.3 Å². The highest BCUT2D eigenvalue weighted by molar-refractivity contribution is 7.19. The fourth-order valence-electron chi connectivity index (χ4n) is 3.05. The summed E-state index contributed by atoms with van der Waals surface area (Å²) in [5.41, 5.74) is 6.29. The predicted octanol–water partition coefficient (Wildman–Crippen LogP) is 6.22. The standard InChI is InChI=1S/C25H19N3OS/c1-16-3-9-19(10-4-16)22-23(20-11-5-17(2)6-12-20)30-25(27-22)28-24(29)21-13-7-18(15-26)8-14-21/h3-14H,1-2H3,(H,27,28,29). The van der Waals surface area contributed by atoms with E-state index in [0.29, 0.717) is 16.3 Å². The molecule has 1 aromatic heterocycles. The van der Waals surface area contributed by atoms with Crippen LogP contribution in [0.25, 0.3) is 21.7 Å². The van der Waals surface area contributed by atoms with E-state index >= 15 is 0 Å². The molecule has 0 saturated heterocycles. The van der Waals surface area contributed by atoms with Gasteiger partial charge in [0.25, 0.3) is 5.91 Å². The molecule has 0 aliphatic heterocycles. The smallest absolute Gasteiger partial charge is 0.257 e. The van der Waals surface area contributed by atoms with Gasteiger partial charge in [0.1, 0.15) is 0 Å². The molecule has 4 rings (SSSR count). The normalized spacial score (nSPS) is 10.4. The van der Waals surface area contributed by atoms with Gasteiger partial charge in [0.05, 0.1) is 22.2 Å². The number of carbonyl (C=O) groups is 1. The molecular weight excluding hydrogens is 390 g/mol. The van der Waals surface area contributed by atoms with Crippen molar-refractivity contribution in [1.29, 1.82) is 5.26 Å². The Bertz CT molecular complexity index is 1170. The van der Waals surface area contributed by atoms with Crippen LogP contribution in [-0.4, -0.2) is 10.9 Å². The molecule has 146 valence electrons. The number of amides is 1. The number of thiazole rings is 1. The lowest BCUT2D eigenvalue weighted by atomic mass is 10.0. The largest absolute Gasteiger partial charge is 0.298 e. The van der Waals surface area contributed by atoms with E-state index in [-0.39, 0.29) is 5.91 Å². The van der Waals surface area contributed by atoms with Crippen LogP contribution in [0.1, 0.15) is 27.0 Å². The third-order valence-electron chi connectivity index (χ3n) is 4.76. The van der Waals surface area contributed by atoms with Crippen molar-refractivity contribution in [3.8, 4) is 27.8 Å². The van der Waals surface area contributed by atoms with Gasteiger partial charge < -0.3 is 0 Å². The monoisotopic (exact) mass is 409 g/mol. The predicted molar refractivity (Wildman–Crippen MR) is 122 cm³/mol. The number of hydrogen-bond acceptors (Lipinski definition) is 4. The van der Waals surface area contributed by atoms with Crippen molar-refractivity contribution in [2.45, 2.75) is 13.8 Å². The van der Waals surface area contributed by atoms with Crippen LogP contribution < -0.4 is 5.32 Å². The van der Waals surface area contributed by atoms with Crippen LogP contribution in [0.3, 0.4) is 0 Å². The molecule has 1 N–H and O–H groups in total. The Morgan fingerprint density at radius 1 is 0.867 bits per heavy atom. The van der Waals surface area contributed by atoms with Gasteiger partial charge in [-0.2, -0.15) is 5.26 Å². The van der Waals surface area contributed by atoms with Gasteiger partial charge in [-0.25, -0.2) is 4.98 Å². The van der Waals surface area contributed by atoms with Crippen molar-refractivity contribution in [2.24, 2.45) is 0 Å². The summed E-state index contributed by atoms with van der Waals surface area (Å²) in [5, 5.41) is 12.4. The van der Waals surface area contributed by atoms with E-state index in [1.54, 1.807) is 24.3 Å². The molecule has 0 aliphatic carbocycles. The van der Waals surface area contributed by atoms with E-state index in [4.69, 9.17) is 10.2 Å². The minimum absolute atomic E-state index is 0.251. The summed E-state index contributed by atoms with van der Waals surface area (Å²) in [6.45, 7) is 4.11. The molecule has 5 heteroatoms. The highest BCUT2D eigenvalue weighted by Gasteiger charge is 2.17. The number of nitriles is 1. The Morgan fingerprint density at radius 2 is 1.43 bits per heavy atom. The molecule has 30 heavy (non-hydrogen) atoms. The van der Waals surface area contributed by atoms with E-state index in [1.165, 1.54) is 22.5 Å². The number of carbonyl (C=O) groups excluding carboxylic acids is 1. The molecule has 4 nitrogen and oxygen atoms in total. The van der Waals surface area contributed by atoms with Gasteiger partial charge in [0.15, 0.2) is 5.13 Å². The summed E-state index contributed by atoms with van der Waals surface area (Å²) >= 11 is 1.45. The third kappa shape index (κ3) is 4.14. The van der Waals surface area contributed by atoms with Crippen molar-refractivity contribution >= 4 is 22.4 Å². The quantitative estimate of drug-likeness (QED) is 0.435. The van der Waals surface area contributed by atoms with Gasteiger partial charge in [-0.15, -0.1) is 0 Å². The van der Waals surface area contributed by atoms with E-state index in [0.717, 1.165) is 21.7 Å². The van der Waals surface area contributed by atoms with Crippen LogP contribution in [0.4, 0.5) is 5.13 Å². The molecule has 4 aromatic rings. The number of nitrogens with one attached hydrogen (secondary N) is 1. The number of anilines is 1. The summed E-state index contributed by atoms with van der Waals surface area (Å²) in [6, 6.07) is 25.1. The second-order valence-corrected chi connectivity index (χ2v) is 8.07. The molecule has 1 amide bonds. The first-order valence-electron chi connectivity index (χ1n) is 9.50. The number of benzene rings is 3. The lowest BCUT2D eigenvalue weighted by Gasteiger charge is -2.04. The average Bonchev–Trinajstić information content (AvgIpc) is 3.18. The average molecular weight is 410 g/mol. The minimum atomic E-state index is -0.251. The molecule has 0 aliphatic rings. The molecule has 1 heterocycles. The van der Waals surface area contributed by atoms with Crippen LogP contribution in [-0.2, 0) is 0 Å². The first-order valence-corrected chi connectivity index (χ1v) is 10.3. The van der Waals surface area contributed by atoms with Gasteiger partial charge >= 0.3 is 0 Å². The van der Waals surface area contributed by atoms with Gasteiger partial charge in [-0.3, -0.25) is 10.1 Å². The zero-order chi connectivity index (χ0) is 21.1. The second kappa shape index (κ2) is 8.32. The Labute approximate surface area is 179 Å². The van der Waals surface area contributed by atoms with Gasteiger partial charge in [-0.05, 0) is 43.7 Å². The Morgan fingerprint density at radius 3 is 2.00 bits per heavy atom. The molecule has 0 saturated carbocycles. The van der Waals surface area contributed by atoms with Crippen LogP contribution in [0.2, 0.25) is 0 Å². The van der Waals surface area contributed by atoms with Crippen molar-refractivity contribution in [3.05, 3.63) is 95.1 Å². The molecular formula is C25H19N3OS. The minimum Gasteiger partial charge on any atom is -0.298 e. The third-order valence-corrected chi connectivity index (χ3v) is 5.78. The summed E-state index contributed by atoms with van der Waals surface area (Å²) in [7, 11) is 0. The van der Waals surface area contributed by atoms with E-state index < -0.39 is 0 Å². The van der Waals surface area contributed by atoms with Gasteiger partial charge in [0, 0.05) is 11.1 Å². The van der Waals surface area contributed by atoms with Crippen LogP contribution in [0.15, 0.2) is 72.8 Å². The number of aryl methyl sites for hydroxylation is 2. The maximum atomic E-state index is 12.7. The highest BCUT2D eigenvalue weighted by atomic mass is 32.1. The summed E-state index contributed by atoms with van der Waals surface area (Å²) in [5.74, 6) is -0.251. The van der Waals surface area contributed by atoms with E-state index in [9.17, 15) is 4.79 Å². The van der Waals surface area contributed by atoms with E-state index in [2.05, 4.69) is 61.6 Å². The van der Waals surface area contributed by atoms with Crippen LogP contribution in [0.5, 0.6) is 0 Å². The fourth-order valence-corrected chi connectivity index (χ4v) is 4.03. The lowest BCUT2D eigenvalue weighted by molar-refractivity contribution is 0.102. The van der Waals surface area contributed by atoms with Gasteiger partial charge in [0.2, 0.25) is 0 Å². The Hall–Kier alpha value is -3.75. The zero-order valence-corrected chi connectivity index (χ0v) is 17.5. The number of nitrogens with zero attached hydrogens (tertiary/aromatic N) is 2. The number of rotatable bonds is 4. The molecule has 0 unspecified atom stereocenters. The molecule has 0 spiro atoms. The van der Waals surface area contributed by atoms with Crippen molar-refractivity contribution in [2.75, 3.05) is 5.32 Å². The number of hydrogen-bond donors (Lipinski definition) is 1. The SMILES string of the molecule is Cc1ccc(-c2nc(NC(=O)c3ccc(C#N)cc3)sc2-c2ccc(C)cc2)cc1. The fraction of sp³-hybridized carbons (Fsp3) is 0.0800. The van der Waals surface area contributed by atoms with Crippen molar-refractivity contribution < 1.29 is 4.79 Å².